The van der Waals surface area contributed by atoms with Crippen molar-refractivity contribution in [1.29, 1.82) is 0 Å². The molecule has 4 aliphatic rings. The summed E-state index contributed by atoms with van der Waals surface area (Å²) in [6.45, 7) is -10.1. The van der Waals surface area contributed by atoms with Crippen molar-refractivity contribution in [2.24, 2.45) is 0 Å². The molecule has 3 fully saturated rings. The highest BCUT2D eigenvalue weighted by Gasteiger charge is 2.55. The second kappa shape index (κ2) is 11.5. The summed E-state index contributed by atoms with van der Waals surface area (Å²) in [5.74, 6) is -0.182. The number of H-pyrrole nitrogens is 1. The average Bonchev–Trinajstić information content (AvgIpc) is 3.72. The van der Waals surface area contributed by atoms with E-state index >= 15 is 8.78 Å². The Morgan fingerprint density at radius 3 is 2.56 bits per heavy atom. The molecular weight excluding hydrogens is 706 g/mol. The number of aromatic amines is 1. The largest absolute Gasteiger partial charge is 0.386 e. The Kier molecular flexibility index (Phi) is 8.00. The molecule has 7 rings (SSSR count). The van der Waals surface area contributed by atoms with Crippen LogP contribution in [0.2, 0.25) is 0 Å². The van der Waals surface area contributed by atoms with Crippen LogP contribution in [0.1, 0.15) is 6.23 Å². The molecule has 2 bridgehead atoms. The van der Waals surface area contributed by atoms with Crippen molar-refractivity contribution in [2.45, 2.75) is 47.5 Å². The number of thiol groups is 2. The van der Waals surface area contributed by atoms with Crippen molar-refractivity contribution in [3.8, 4) is 0 Å². The normalized spacial score (nSPS) is 38.6. The maximum absolute atomic E-state index is 16.0. The van der Waals surface area contributed by atoms with Gasteiger partial charge in [-0.05, 0) is 0 Å². The molecule has 0 aliphatic carbocycles. The number of thioether (sulfide) groups is 1. The summed E-state index contributed by atoms with van der Waals surface area (Å²) in [5.41, 5.74) is 16.5. The summed E-state index contributed by atoms with van der Waals surface area (Å²) < 4.78 is 87.8. The number of ether oxygens (including phenoxy) is 1. The molecular formula is C19H23F2N11O8P2S3. The molecule has 0 radical (unpaired) electrons. The molecule has 26 heteroatoms. The third-order valence-electron chi connectivity index (χ3n) is 7.21. The third-order valence-corrected chi connectivity index (χ3v) is 11.9. The van der Waals surface area contributed by atoms with E-state index in [-0.39, 0.29) is 34.4 Å². The van der Waals surface area contributed by atoms with Gasteiger partial charge in [-0.3, -0.25) is 42.9 Å². The smallest absolute Gasteiger partial charge is 0.382 e. The minimum atomic E-state index is -4.43. The van der Waals surface area contributed by atoms with Gasteiger partial charge in [0.25, 0.3) is 5.56 Å². The van der Waals surface area contributed by atoms with Crippen molar-refractivity contribution in [2.75, 3.05) is 35.1 Å². The number of halogens is 2. The molecule has 19 nitrogen and oxygen atoms in total. The van der Waals surface area contributed by atoms with Crippen LogP contribution in [0.25, 0.3) is 11.2 Å². The van der Waals surface area contributed by atoms with Gasteiger partial charge in [-0.15, -0.1) is 17.3 Å². The van der Waals surface area contributed by atoms with Gasteiger partial charge in [0.05, 0.1) is 24.8 Å². The molecule has 3 aromatic rings. The number of nitrogen functional groups attached to an aromatic ring is 2. The Morgan fingerprint density at radius 1 is 1.04 bits per heavy atom. The maximum Gasteiger partial charge on any atom is 0.386 e. The van der Waals surface area contributed by atoms with E-state index in [4.69, 9.17) is 34.3 Å². The number of nitrogens with one attached hydrogen (secondary N) is 3. The molecule has 0 amide bonds. The van der Waals surface area contributed by atoms with Gasteiger partial charge in [0.1, 0.15) is 41.7 Å². The summed E-state index contributed by atoms with van der Waals surface area (Å²) in [5, 5.41) is -0.961. The quantitative estimate of drug-likeness (QED) is 0.145. The van der Waals surface area contributed by atoms with Crippen molar-refractivity contribution in [3.05, 3.63) is 23.0 Å². The van der Waals surface area contributed by atoms with Gasteiger partial charge in [-0.1, -0.05) is 24.5 Å². The van der Waals surface area contributed by atoms with Crippen molar-refractivity contribution in [1.82, 2.24) is 35.0 Å². The average molecular weight is 730 g/mol. The van der Waals surface area contributed by atoms with Crippen LogP contribution in [0.3, 0.4) is 0 Å². The first kappa shape index (κ1) is 31.4. The van der Waals surface area contributed by atoms with Gasteiger partial charge in [-0.25, -0.2) is 32.9 Å². The van der Waals surface area contributed by atoms with E-state index in [9.17, 15) is 13.9 Å². The lowest BCUT2D eigenvalue weighted by Gasteiger charge is -2.30. The van der Waals surface area contributed by atoms with Crippen LogP contribution in [0.4, 0.5) is 32.1 Å². The monoisotopic (exact) mass is 729 g/mol. The number of hydrogen-bond acceptors (Lipinski definition) is 18. The molecule has 3 aromatic heterocycles. The minimum Gasteiger partial charge on any atom is -0.382 e. The van der Waals surface area contributed by atoms with E-state index in [1.165, 1.54) is 15.9 Å². The zero-order valence-electron chi connectivity index (χ0n) is 22.2. The summed E-state index contributed by atoms with van der Waals surface area (Å²) in [6.07, 6.45) is -7.62. The molecule has 45 heavy (non-hydrogen) atoms. The molecule has 0 aromatic carbocycles. The fourth-order valence-electron chi connectivity index (χ4n) is 5.21. The number of nitrogens with zero attached hydrogens (tertiary/aromatic N) is 6. The minimum absolute atomic E-state index is 0.00312. The third kappa shape index (κ3) is 5.69. The molecule has 10 atom stereocenters. The van der Waals surface area contributed by atoms with Gasteiger partial charge in [0.2, 0.25) is 5.95 Å². The highest BCUT2D eigenvalue weighted by Crippen LogP contribution is 2.61. The molecule has 0 saturated carbocycles. The SMILES string of the molecule is Nc1nc2c(c(=O)[nH]1)NNN2[C@@H]1S[C@@H]2COP(=O)(S)O[C@H]3C(F)[C@H](n4cnc5c(N)ncnc54)O[C@@H]3COP(=O)(S)O[C@@H]1[C@@H]2F. The lowest BCUT2D eigenvalue weighted by molar-refractivity contribution is -0.0417. The van der Waals surface area contributed by atoms with Crippen molar-refractivity contribution >= 4 is 84.3 Å². The van der Waals surface area contributed by atoms with Crippen LogP contribution >= 0.6 is 49.9 Å². The molecule has 244 valence electrons. The number of fused-ring (bicyclic) bond motifs is 5. The zero-order chi connectivity index (χ0) is 31.8. The Hall–Kier alpha value is -2.24. The van der Waals surface area contributed by atoms with Gasteiger partial charge in [0.15, 0.2) is 35.4 Å². The highest BCUT2D eigenvalue weighted by atomic mass is 32.7. The molecule has 0 spiro atoms. The number of rotatable bonds is 2. The van der Waals surface area contributed by atoms with Gasteiger partial charge in [-0.2, -0.15) is 4.98 Å². The number of aromatic nitrogens is 6. The molecule has 3 saturated heterocycles. The number of nitrogens with two attached hydrogens (primary N) is 2. The fraction of sp³-hybridized carbons (Fsp3) is 0.526. The van der Waals surface area contributed by atoms with E-state index in [0.29, 0.717) is 0 Å². The Morgan fingerprint density at radius 2 is 1.78 bits per heavy atom. The first-order valence-electron chi connectivity index (χ1n) is 12.9. The second-order valence-electron chi connectivity index (χ2n) is 10.0. The topological polar surface area (TPSA) is 249 Å². The number of anilines is 4. The predicted octanol–water partition coefficient (Wildman–Crippen LogP) is 1.33. The predicted molar refractivity (Wildman–Crippen MR) is 162 cm³/mol. The number of alkyl halides is 2. The second-order valence-corrected chi connectivity index (χ2v) is 17.1. The van der Waals surface area contributed by atoms with E-state index in [2.05, 4.69) is 60.4 Å². The molecule has 4 aliphatic heterocycles. The standard InChI is InChI=1S/C19H23F2N11O8P2S3/c20-7-6-2-37-42(35,44)39-11-5(38-17(8(11)21)31-4-26-9-13(22)24-3-25-14(9)31)1-36-41(34,43)40-12(7)18(45-6)32-15-10(29-30-32)16(33)28-19(23)27-15/h3-8,11-12,17-18,29-30H,1-2H2,(H,34,43)(H,35,44)(H2,22,24,25)(H3,23,27,28,33)/t5-,6-,7-,8?,11-,12-,17-,18-,41?,42?/m1/s1. The fourth-order valence-corrected chi connectivity index (χ4v) is 9.79. The lowest BCUT2D eigenvalue weighted by Crippen LogP contribution is -2.49. The summed E-state index contributed by atoms with van der Waals surface area (Å²) in [7, 11) is 0. The van der Waals surface area contributed by atoms with E-state index in [1.807, 2.05) is 0 Å². The van der Waals surface area contributed by atoms with Crippen molar-refractivity contribution < 1.29 is 40.7 Å². The summed E-state index contributed by atoms with van der Waals surface area (Å²) in [4.78, 5) is 30.8. The number of hydrogen-bond donors (Lipinski definition) is 7. The summed E-state index contributed by atoms with van der Waals surface area (Å²) in [6, 6.07) is 0. The van der Waals surface area contributed by atoms with Crippen LogP contribution < -0.4 is 33.0 Å². The Labute approximate surface area is 265 Å². The van der Waals surface area contributed by atoms with Gasteiger partial charge < -0.3 is 16.2 Å². The lowest BCUT2D eigenvalue weighted by atomic mass is 10.1. The van der Waals surface area contributed by atoms with E-state index < -0.39 is 79.9 Å². The first-order chi connectivity index (χ1) is 21.3. The number of hydrazine groups is 2. The van der Waals surface area contributed by atoms with Gasteiger partial charge >= 0.3 is 13.6 Å². The highest BCUT2D eigenvalue weighted by molar-refractivity contribution is 8.44. The van der Waals surface area contributed by atoms with Crippen molar-refractivity contribution in [3.63, 3.8) is 0 Å². The maximum atomic E-state index is 16.0. The van der Waals surface area contributed by atoms with Crippen LogP contribution in [0.15, 0.2) is 17.4 Å². The first-order valence-corrected chi connectivity index (χ1v) is 19.2. The zero-order valence-corrected chi connectivity index (χ0v) is 26.6. The molecule has 7 heterocycles. The molecule has 7 N–H and O–H groups in total. The van der Waals surface area contributed by atoms with E-state index in [1.54, 1.807) is 0 Å². The Balaban J connectivity index is 1.18. The molecule has 3 unspecified atom stereocenters. The van der Waals surface area contributed by atoms with E-state index in [0.717, 1.165) is 18.1 Å². The van der Waals surface area contributed by atoms with Crippen LogP contribution in [0, 0.1) is 0 Å². The summed E-state index contributed by atoms with van der Waals surface area (Å²) >= 11 is 8.93. The van der Waals surface area contributed by atoms with Crippen LogP contribution in [0.5, 0.6) is 0 Å². The van der Waals surface area contributed by atoms with Crippen LogP contribution in [-0.4, -0.2) is 84.0 Å². The van der Waals surface area contributed by atoms with Gasteiger partial charge in [0, 0.05) is 0 Å². The van der Waals surface area contributed by atoms with Crippen LogP contribution in [-0.2, 0) is 32.0 Å². The number of imidazole rings is 1. The Bertz CT molecular complexity index is 1810.